The summed E-state index contributed by atoms with van der Waals surface area (Å²) >= 11 is 0. The number of hydrogen-bond donors (Lipinski definition) is 1. The van der Waals surface area contributed by atoms with E-state index in [1.165, 1.54) is 12.7 Å². The van der Waals surface area contributed by atoms with Gasteiger partial charge in [-0.2, -0.15) is 0 Å². The van der Waals surface area contributed by atoms with Crippen LogP contribution in [0.1, 0.15) is 39.9 Å². The highest BCUT2D eigenvalue weighted by molar-refractivity contribution is 5.98. The van der Waals surface area contributed by atoms with Crippen LogP contribution >= 0.6 is 0 Å². The molecule has 130 valence electrons. The number of ether oxygens (including phenoxy) is 1. The van der Waals surface area contributed by atoms with Crippen LogP contribution in [0.2, 0.25) is 0 Å². The fraction of sp³-hybridized carbons (Fsp3) is 0.333. The zero-order chi connectivity index (χ0) is 17.6. The topological polar surface area (TPSA) is 55.4 Å². The second-order valence-corrected chi connectivity index (χ2v) is 6.39. The van der Waals surface area contributed by atoms with Crippen molar-refractivity contribution < 1.29 is 14.3 Å². The Kier molecular flexibility index (Phi) is 5.49. The van der Waals surface area contributed by atoms with Gasteiger partial charge < -0.3 is 10.1 Å². The van der Waals surface area contributed by atoms with Crippen LogP contribution in [0.4, 0.5) is 0 Å². The number of aryl methyl sites for hydroxylation is 1. The Hall–Kier alpha value is -2.62. The van der Waals surface area contributed by atoms with Crippen LogP contribution < -0.4 is 5.32 Å². The van der Waals surface area contributed by atoms with Crippen molar-refractivity contribution >= 4 is 11.9 Å². The van der Waals surface area contributed by atoms with Crippen molar-refractivity contribution in [2.24, 2.45) is 0 Å². The van der Waals surface area contributed by atoms with Gasteiger partial charge in [-0.25, -0.2) is 4.79 Å². The van der Waals surface area contributed by atoms with E-state index in [2.05, 4.69) is 11.4 Å². The molecule has 0 bridgehead atoms. The van der Waals surface area contributed by atoms with Crippen LogP contribution in [0, 0.1) is 0 Å². The summed E-state index contributed by atoms with van der Waals surface area (Å²) in [4.78, 5) is 25.0. The lowest BCUT2D eigenvalue weighted by molar-refractivity contribution is -0.142. The number of carbonyl (C=O) groups excluding carboxylic acids is 2. The highest BCUT2D eigenvalue weighted by Crippen LogP contribution is 2.24. The Morgan fingerprint density at radius 1 is 1.04 bits per heavy atom. The van der Waals surface area contributed by atoms with Crippen LogP contribution in [-0.2, 0) is 28.8 Å². The molecule has 25 heavy (non-hydrogen) atoms. The van der Waals surface area contributed by atoms with Gasteiger partial charge in [0.2, 0.25) is 0 Å². The van der Waals surface area contributed by atoms with Gasteiger partial charge in [-0.1, -0.05) is 42.5 Å². The first-order valence-electron chi connectivity index (χ1n) is 8.72. The molecule has 0 aromatic heterocycles. The second kappa shape index (κ2) is 7.97. The molecular weight excluding hydrogens is 314 g/mol. The first-order chi connectivity index (χ1) is 12.2. The van der Waals surface area contributed by atoms with E-state index in [4.69, 9.17) is 4.74 Å². The SMILES string of the molecule is COC(=O)[C@H](Cc1ccccc1)NC(=O)c1cccc2c1CCCC2. The third-order valence-electron chi connectivity index (χ3n) is 4.71. The van der Waals surface area contributed by atoms with E-state index in [9.17, 15) is 9.59 Å². The summed E-state index contributed by atoms with van der Waals surface area (Å²) in [6.07, 6.45) is 4.61. The van der Waals surface area contributed by atoms with Crippen molar-refractivity contribution in [3.63, 3.8) is 0 Å². The van der Waals surface area contributed by atoms with E-state index in [0.29, 0.717) is 12.0 Å². The lowest BCUT2D eigenvalue weighted by atomic mass is 9.88. The number of benzene rings is 2. The van der Waals surface area contributed by atoms with Crippen molar-refractivity contribution in [2.45, 2.75) is 38.1 Å². The summed E-state index contributed by atoms with van der Waals surface area (Å²) < 4.78 is 4.88. The molecule has 1 aliphatic rings. The van der Waals surface area contributed by atoms with Crippen LogP contribution in [0.3, 0.4) is 0 Å². The monoisotopic (exact) mass is 337 g/mol. The highest BCUT2D eigenvalue weighted by Gasteiger charge is 2.24. The third-order valence-corrected chi connectivity index (χ3v) is 4.71. The van der Waals surface area contributed by atoms with Gasteiger partial charge >= 0.3 is 5.97 Å². The van der Waals surface area contributed by atoms with Gasteiger partial charge in [0.05, 0.1) is 7.11 Å². The van der Waals surface area contributed by atoms with Crippen molar-refractivity contribution in [2.75, 3.05) is 7.11 Å². The molecule has 0 spiro atoms. The van der Waals surface area contributed by atoms with E-state index in [1.807, 2.05) is 42.5 Å². The molecule has 0 saturated heterocycles. The number of amides is 1. The predicted molar refractivity (Wildman–Crippen MR) is 96.5 cm³/mol. The summed E-state index contributed by atoms with van der Waals surface area (Å²) in [5.41, 5.74) is 4.03. The quantitative estimate of drug-likeness (QED) is 0.853. The number of carbonyl (C=O) groups is 2. The van der Waals surface area contributed by atoms with Crippen molar-refractivity contribution in [3.05, 3.63) is 70.8 Å². The summed E-state index contributed by atoms with van der Waals surface area (Å²) in [5, 5.41) is 2.87. The molecule has 3 rings (SSSR count). The zero-order valence-electron chi connectivity index (χ0n) is 14.5. The highest BCUT2D eigenvalue weighted by atomic mass is 16.5. The average Bonchev–Trinajstić information content (AvgIpc) is 2.67. The average molecular weight is 337 g/mol. The number of hydrogen-bond acceptors (Lipinski definition) is 3. The molecule has 4 nitrogen and oxygen atoms in total. The smallest absolute Gasteiger partial charge is 0.328 e. The molecule has 0 aliphatic heterocycles. The fourth-order valence-electron chi connectivity index (χ4n) is 3.42. The minimum absolute atomic E-state index is 0.204. The molecule has 0 saturated carbocycles. The summed E-state index contributed by atoms with van der Waals surface area (Å²) in [6, 6.07) is 14.8. The Labute approximate surface area is 148 Å². The molecule has 4 heteroatoms. The fourth-order valence-corrected chi connectivity index (χ4v) is 3.42. The van der Waals surface area contributed by atoms with Gasteiger partial charge in [-0.3, -0.25) is 4.79 Å². The molecule has 1 aliphatic carbocycles. The minimum atomic E-state index is -0.695. The standard InChI is InChI=1S/C21H23NO3/c1-25-21(24)19(14-15-8-3-2-4-9-15)22-20(23)18-13-7-11-16-10-5-6-12-17(16)18/h2-4,7-9,11,13,19H,5-6,10,12,14H2,1H3,(H,22,23)/t19-/m0/s1. The Bertz CT molecular complexity index is 755. The molecule has 1 amide bonds. The van der Waals surface area contributed by atoms with E-state index in [-0.39, 0.29) is 5.91 Å². The molecule has 0 fully saturated rings. The number of nitrogens with one attached hydrogen (secondary N) is 1. The van der Waals surface area contributed by atoms with Gasteiger partial charge in [-0.15, -0.1) is 0 Å². The van der Waals surface area contributed by atoms with E-state index < -0.39 is 12.0 Å². The number of rotatable bonds is 5. The minimum Gasteiger partial charge on any atom is -0.467 e. The molecule has 2 aromatic carbocycles. The largest absolute Gasteiger partial charge is 0.467 e. The maximum Gasteiger partial charge on any atom is 0.328 e. The second-order valence-electron chi connectivity index (χ2n) is 6.39. The maximum absolute atomic E-state index is 12.8. The number of esters is 1. The summed E-state index contributed by atoms with van der Waals surface area (Å²) in [6.45, 7) is 0. The van der Waals surface area contributed by atoms with Gasteiger partial charge in [0.1, 0.15) is 6.04 Å². The lowest BCUT2D eigenvalue weighted by Gasteiger charge is -2.21. The van der Waals surface area contributed by atoms with Crippen molar-refractivity contribution in [3.8, 4) is 0 Å². The van der Waals surface area contributed by atoms with Crippen LogP contribution in [0.5, 0.6) is 0 Å². The molecule has 1 N–H and O–H groups in total. The van der Waals surface area contributed by atoms with Gasteiger partial charge in [-0.05, 0) is 48.4 Å². The van der Waals surface area contributed by atoms with Crippen LogP contribution in [-0.4, -0.2) is 25.0 Å². The Balaban J connectivity index is 1.80. The molecule has 1 atom stereocenters. The number of fused-ring (bicyclic) bond motifs is 1. The molecule has 2 aromatic rings. The first-order valence-corrected chi connectivity index (χ1v) is 8.72. The third kappa shape index (κ3) is 4.08. The van der Waals surface area contributed by atoms with Crippen LogP contribution in [0.15, 0.2) is 48.5 Å². The van der Waals surface area contributed by atoms with E-state index in [1.54, 1.807) is 0 Å². The maximum atomic E-state index is 12.8. The van der Waals surface area contributed by atoms with Gasteiger partial charge in [0, 0.05) is 12.0 Å². The lowest BCUT2D eigenvalue weighted by Crippen LogP contribution is -2.43. The predicted octanol–water partition coefficient (Wildman–Crippen LogP) is 3.08. The summed E-state index contributed by atoms with van der Waals surface area (Å²) in [5.74, 6) is -0.632. The molecule has 0 heterocycles. The normalized spacial score (nSPS) is 14.3. The van der Waals surface area contributed by atoms with E-state index >= 15 is 0 Å². The first kappa shape index (κ1) is 17.2. The Morgan fingerprint density at radius 2 is 1.80 bits per heavy atom. The molecular formula is C21H23NO3. The summed E-state index contributed by atoms with van der Waals surface area (Å²) in [7, 11) is 1.34. The van der Waals surface area contributed by atoms with Gasteiger partial charge in [0.25, 0.3) is 5.91 Å². The van der Waals surface area contributed by atoms with Crippen molar-refractivity contribution in [1.29, 1.82) is 0 Å². The van der Waals surface area contributed by atoms with E-state index in [0.717, 1.165) is 36.8 Å². The molecule has 0 unspecified atom stereocenters. The van der Waals surface area contributed by atoms with Crippen LogP contribution in [0.25, 0.3) is 0 Å². The zero-order valence-corrected chi connectivity index (χ0v) is 14.5. The van der Waals surface area contributed by atoms with Crippen molar-refractivity contribution in [1.82, 2.24) is 5.32 Å². The Morgan fingerprint density at radius 3 is 2.56 bits per heavy atom. The van der Waals surface area contributed by atoms with Gasteiger partial charge in [0.15, 0.2) is 0 Å². The number of methoxy groups -OCH3 is 1. The molecule has 0 radical (unpaired) electrons.